The fraction of sp³-hybridized carbons (Fsp3) is 0.600. The maximum Gasteiger partial charge on any atom is 0.252 e. The van der Waals surface area contributed by atoms with E-state index in [0.29, 0.717) is 0 Å². The SMILES string of the molecule is CS(=O)(=O)NC(=O)CNC(=O)CN. The molecular weight excluding hydrogens is 198 g/mol. The van der Waals surface area contributed by atoms with Crippen LogP contribution in [0.2, 0.25) is 0 Å². The average Bonchev–Trinajstić information content (AvgIpc) is 1.97. The minimum atomic E-state index is -3.56. The lowest BCUT2D eigenvalue weighted by molar-refractivity contribution is -0.124. The van der Waals surface area contributed by atoms with E-state index in [1.165, 1.54) is 0 Å². The van der Waals surface area contributed by atoms with E-state index in [-0.39, 0.29) is 6.54 Å². The van der Waals surface area contributed by atoms with Crippen LogP contribution < -0.4 is 15.8 Å². The second-order valence-electron chi connectivity index (χ2n) is 2.28. The normalized spacial score (nSPS) is 10.6. The summed E-state index contributed by atoms with van der Waals surface area (Å²) in [4.78, 5) is 21.2. The molecule has 0 aliphatic rings. The minimum absolute atomic E-state index is 0.244. The average molecular weight is 209 g/mol. The van der Waals surface area contributed by atoms with Crippen molar-refractivity contribution in [1.29, 1.82) is 0 Å². The Labute approximate surface area is 75.7 Å². The van der Waals surface area contributed by atoms with Crippen LogP contribution in [0.3, 0.4) is 0 Å². The summed E-state index contributed by atoms with van der Waals surface area (Å²) in [6, 6.07) is 0. The summed E-state index contributed by atoms with van der Waals surface area (Å²) in [6.45, 7) is -0.644. The second-order valence-corrected chi connectivity index (χ2v) is 4.03. The van der Waals surface area contributed by atoms with Gasteiger partial charge in [-0.3, -0.25) is 14.3 Å². The first-order valence-corrected chi connectivity index (χ1v) is 5.21. The van der Waals surface area contributed by atoms with Crippen molar-refractivity contribution >= 4 is 21.8 Å². The molecule has 76 valence electrons. The Kier molecular flexibility index (Phi) is 4.35. The van der Waals surface area contributed by atoms with Crippen molar-refractivity contribution in [3.05, 3.63) is 0 Å². The van der Waals surface area contributed by atoms with Crippen molar-refractivity contribution in [2.45, 2.75) is 0 Å². The van der Waals surface area contributed by atoms with Crippen molar-refractivity contribution in [2.75, 3.05) is 19.3 Å². The zero-order chi connectivity index (χ0) is 10.5. The Balaban J connectivity index is 3.84. The molecule has 0 aromatic rings. The Morgan fingerprint density at radius 3 is 2.23 bits per heavy atom. The number of hydrogen-bond donors (Lipinski definition) is 3. The summed E-state index contributed by atoms with van der Waals surface area (Å²) in [5.74, 6) is -1.33. The van der Waals surface area contributed by atoms with Crippen LogP contribution in [0.25, 0.3) is 0 Å². The quantitative estimate of drug-likeness (QED) is 0.460. The monoisotopic (exact) mass is 209 g/mol. The summed E-state index contributed by atoms with van der Waals surface area (Å²) in [5, 5.41) is 2.11. The number of rotatable bonds is 4. The molecule has 0 aromatic heterocycles. The fourth-order valence-electron chi connectivity index (χ4n) is 0.494. The maximum absolute atomic E-state index is 10.7. The first-order valence-electron chi connectivity index (χ1n) is 3.32. The van der Waals surface area contributed by atoms with Gasteiger partial charge in [-0.2, -0.15) is 0 Å². The molecule has 0 saturated heterocycles. The molecule has 0 fully saturated rings. The number of nitrogens with two attached hydrogens (primary N) is 1. The first kappa shape index (κ1) is 11.8. The lowest BCUT2D eigenvalue weighted by Crippen LogP contribution is -2.41. The van der Waals surface area contributed by atoms with Crippen molar-refractivity contribution in [1.82, 2.24) is 10.0 Å². The van der Waals surface area contributed by atoms with Gasteiger partial charge in [0, 0.05) is 0 Å². The van der Waals surface area contributed by atoms with Gasteiger partial charge in [-0.15, -0.1) is 0 Å². The molecule has 0 spiro atoms. The predicted octanol–water partition coefficient (Wildman–Crippen LogP) is -2.86. The van der Waals surface area contributed by atoms with Crippen LogP contribution in [0.5, 0.6) is 0 Å². The van der Waals surface area contributed by atoms with Gasteiger partial charge in [-0.25, -0.2) is 8.42 Å². The van der Waals surface area contributed by atoms with Crippen molar-refractivity contribution in [2.24, 2.45) is 5.73 Å². The third-order valence-electron chi connectivity index (χ3n) is 0.931. The smallest absolute Gasteiger partial charge is 0.252 e. The molecule has 0 aromatic carbocycles. The van der Waals surface area contributed by atoms with Crippen molar-refractivity contribution in [3.63, 3.8) is 0 Å². The summed E-state index contributed by atoms with van der Waals surface area (Å²) in [5.41, 5.74) is 4.92. The Morgan fingerprint density at radius 2 is 1.85 bits per heavy atom. The molecular formula is C5H11N3O4S. The summed E-state index contributed by atoms with van der Waals surface area (Å²) < 4.78 is 22.6. The highest BCUT2D eigenvalue weighted by atomic mass is 32.2. The zero-order valence-corrected chi connectivity index (χ0v) is 7.85. The van der Waals surface area contributed by atoms with Crippen LogP contribution >= 0.6 is 0 Å². The second kappa shape index (κ2) is 4.77. The van der Waals surface area contributed by atoms with E-state index in [0.717, 1.165) is 6.26 Å². The van der Waals surface area contributed by atoms with Gasteiger partial charge in [-0.1, -0.05) is 0 Å². The van der Waals surface area contributed by atoms with Crippen LogP contribution in [0.4, 0.5) is 0 Å². The molecule has 0 aliphatic carbocycles. The number of amides is 2. The van der Waals surface area contributed by atoms with Crippen LogP contribution in [0.1, 0.15) is 0 Å². The molecule has 0 bridgehead atoms. The zero-order valence-electron chi connectivity index (χ0n) is 7.03. The summed E-state index contributed by atoms with van der Waals surface area (Å²) >= 11 is 0. The highest BCUT2D eigenvalue weighted by Crippen LogP contribution is 1.73. The van der Waals surface area contributed by atoms with Gasteiger partial charge in [-0.05, 0) is 0 Å². The van der Waals surface area contributed by atoms with Gasteiger partial charge >= 0.3 is 0 Å². The Bertz CT molecular complexity index is 297. The number of hydrogen-bond acceptors (Lipinski definition) is 5. The Hall–Kier alpha value is -1.15. The molecule has 13 heavy (non-hydrogen) atoms. The minimum Gasteiger partial charge on any atom is -0.346 e. The first-order chi connectivity index (χ1) is 5.85. The Morgan fingerprint density at radius 1 is 1.31 bits per heavy atom. The molecule has 0 aliphatic heterocycles. The molecule has 8 heteroatoms. The number of sulfonamides is 1. The third-order valence-corrected chi connectivity index (χ3v) is 1.53. The number of nitrogens with one attached hydrogen (secondary N) is 2. The highest BCUT2D eigenvalue weighted by Gasteiger charge is 2.08. The maximum atomic E-state index is 10.7. The molecule has 0 saturated carbocycles. The predicted molar refractivity (Wildman–Crippen MR) is 45.1 cm³/mol. The van der Waals surface area contributed by atoms with E-state index >= 15 is 0 Å². The van der Waals surface area contributed by atoms with Crippen molar-refractivity contribution in [3.8, 4) is 0 Å². The standard InChI is InChI=1S/C5H11N3O4S/c1-13(11,12)8-5(10)3-7-4(9)2-6/h2-3,6H2,1H3,(H,7,9)(H,8,10). The molecule has 7 nitrogen and oxygen atoms in total. The van der Waals surface area contributed by atoms with E-state index in [1.54, 1.807) is 4.72 Å². The van der Waals surface area contributed by atoms with Gasteiger partial charge in [0.15, 0.2) is 0 Å². The molecule has 4 N–H and O–H groups in total. The topological polar surface area (TPSA) is 118 Å². The summed E-state index contributed by atoms with van der Waals surface area (Å²) in [6.07, 6.45) is 0.843. The van der Waals surface area contributed by atoms with Gasteiger partial charge < -0.3 is 11.1 Å². The number of carbonyl (C=O) groups excluding carboxylic acids is 2. The van der Waals surface area contributed by atoms with Gasteiger partial charge in [0.05, 0.1) is 19.3 Å². The molecule has 0 unspecified atom stereocenters. The molecule has 0 rings (SSSR count). The molecule has 0 atom stereocenters. The lowest BCUT2D eigenvalue weighted by Gasteiger charge is -2.03. The highest BCUT2D eigenvalue weighted by molar-refractivity contribution is 7.89. The van der Waals surface area contributed by atoms with Crippen molar-refractivity contribution < 1.29 is 18.0 Å². The van der Waals surface area contributed by atoms with Crippen LogP contribution in [-0.4, -0.2) is 39.6 Å². The van der Waals surface area contributed by atoms with Crippen LogP contribution in [-0.2, 0) is 19.6 Å². The van der Waals surface area contributed by atoms with Gasteiger partial charge in [0.1, 0.15) is 0 Å². The van der Waals surface area contributed by atoms with E-state index < -0.39 is 28.4 Å². The van der Waals surface area contributed by atoms with E-state index in [9.17, 15) is 18.0 Å². The van der Waals surface area contributed by atoms with Crippen LogP contribution in [0, 0.1) is 0 Å². The van der Waals surface area contributed by atoms with Gasteiger partial charge in [0.25, 0.3) is 5.91 Å². The fourth-order valence-corrected chi connectivity index (χ4v) is 0.980. The lowest BCUT2D eigenvalue weighted by atomic mass is 10.5. The largest absolute Gasteiger partial charge is 0.346 e. The van der Waals surface area contributed by atoms with E-state index in [4.69, 9.17) is 5.73 Å². The molecule has 2 amide bonds. The van der Waals surface area contributed by atoms with E-state index in [1.807, 2.05) is 0 Å². The molecule has 0 heterocycles. The van der Waals surface area contributed by atoms with Gasteiger partial charge in [0.2, 0.25) is 15.9 Å². The van der Waals surface area contributed by atoms with Crippen LogP contribution in [0.15, 0.2) is 0 Å². The van der Waals surface area contributed by atoms with E-state index in [2.05, 4.69) is 5.32 Å². The number of carbonyl (C=O) groups is 2. The summed E-state index contributed by atoms with van der Waals surface area (Å²) in [7, 11) is -3.56. The third kappa shape index (κ3) is 7.22. The molecule has 0 radical (unpaired) electrons.